The smallest absolute Gasteiger partial charge is 0.181 e. The van der Waals surface area contributed by atoms with Gasteiger partial charge in [-0.25, -0.2) is 13.4 Å². The maximum Gasteiger partial charge on any atom is 0.181 e. The van der Waals surface area contributed by atoms with E-state index in [0.717, 1.165) is 46.8 Å². The number of likely N-dealkylation sites (N-methyl/N-ethyl adjacent to an activating group) is 1. The highest BCUT2D eigenvalue weighted by atomic mass is 35.5. The van der Waals surface area contributed by atoms with Gasteiger partial charge < -0.3 is 14.8 Å². The van der Waals surface area contributed by atoms with Crippen molar-refractivity contribution in [3.8, 4) is 16.9 Å². The Labute approximate surface area is 209 Å². The van der Waals surface area contributed by atoms with Gasteiger partial charge in [0.05, 0.1) is 27.3 Å². The molecule has 1 aliphatic carbocycles. The van der Waals surface area contributed by atoms with E-state index in [1.165, 1.54) is 0 Å². The van der Waals surface area contributed by atoms with Crippen LogP contribution in [0.25, 0.3) is 33.1 Å². The molecule has 35 heavy (non-hydrogen) atoms. The number of aromatic nitrogens is 2. The summed E-state index contributed by atoms with van der Waals surface area (Å²) in [5.41, 5.74) is 3.15. The predicted molar refractivity (Wildman–Crippen MR) is 139 cm³/mol. The average molecular weight is 514 g/mol. The van der Waals surface area contributed by atoms with Crippen LogP contribution in [-0.4, -0.2) is 66.5 Å². The third kappa shape index (κ3) is 4.76. The maximum absolute atomic E-state index is 12.9. The molecule has 0 atom stereocenters. The van der Waals surface area contributed by atoms with Crippen molar-refractivity contribution >= 4 is 43.4 Å². The van der Waals surface area contributed by atoms with E-state index < -0.39 is 9.84 Å². The van der Waals surface area contributed by atoms with Gasteiger partial charge in [0, 0.05) is 30.1 Å². The zero-order chi connectivity index (χ0) is 24.6. The molecule has 0 saturated heterocycles. The van der Waals surface area contributed by atoms with Crippen molar-refractivity contribution in [3.05, 3.63) is 53.7 Å². The molecule has 2 N–H and O–H groups in total. The molecule has 184 valence electrons. The summed E-state index contributed by atoms with van der Waals surface area (Å²) in [5, 5.41) is 11.2. The number of rotatable bonds is 10. The van der Waals surface area contributed by atoms with Gasteiger partial charge >= 0.3 is 0 Å². The van der Waals surface area contributed by atoms with E-state index >= 15 is 0 Å². The Morgan fingerprint density at radius 1 is 1.20 bits per heavy atom. The normalized spacial score (nSPS) is 14.3. The fourth-order valence-electron chi connectivity index (χ4n) is 4.46. The van der Waals surface area contributed by atoms with Crippen molar-refractivity contribution in [2.75, 3.05) is 32.8 Å². The summed E-state index contributed by atoms with van der Waals surface area (Å²) >= 11 is 6.29. The number of sulfone groups is 1. The summed E-state index contributed by atoms with van der Waals surface area (Å²) < 4.78 is 31.9. The molecule has 2 aromatic heterocycles. The van der Waals surface area contributed by atoms with E-state index in [1.807, 2.05) is 31.2 Å². The molecule has 5 rings (SSSR count). The fraction of sp³-hybridized carbons (Fsp3) is 0.346. The number of benzene rings is 2. The summed E-state index contributed by atoms with van der Waals surface area (Å²) in [6.45, 7) is 4.73. The lowest BCUT2D eigenvalue weighted by Gasteiger charge is -2.19. The molecule has 2 heterocycles. The van der Waals surface area contributed by atoms with Crippen LogP contribution in [0.1, 0.15) is 19.8 Å². The Morgan fingerprint density at radius 3 is 2.77 bits per heavy atom. The standard InChI is InChI=1S/C26H28ClN3O4S/c1-2-30(10-12-31)11-13-34-23-9-8-21(24-22-15-18(27)16-28-26(22)29-25(23)24)17-4-3-5-20(14-17)35(32,33)19-6-7-19/h3-5,8-9,14-16,19,31H,2,6-7,10-13H2,1H3,(H,28,29). The van der Waals surface area contributed by atoms with Gasteiger partial charge in [-0.1, -0.05) is 30.7 Å². The number of nitrogens with one attached hydrogen (secondary N) is 1. The molecule has 4 aromatic rings. The van der Waals surface area contributed by atoms with E-state index in [0.29, 0.717) is 41.0 Å². The lowest BCUT2D eigenvalue weighted by atomic mass is 9.99. The molecular weight excluding hydrogens is 486 g/mol. The highest BCUT2D eigenvalue weighted by Crippen LogP contribution is 2.41. The second-order valence-electron chi connectivity index (χ2n) is 8.81. The number of hydrogen-bond acceptors (Lipinski definition) is 6. The third-order valence-corrected chi connectivity index (χ3v) is 8.97. The summed E-state index contributed by atoms with van der Waals surface area (Å²) in [6.07, 6.45) is 3.04. The minimum atomic E-state index is -3.31. The lowest BCUT2D eigenvalue weighted by molar-refractivity contribution is 0.174. The van der Waals surface area contributed by atoms with E-state index in [4.69, 9.17) is 16.3 Å². The van der Waals surface area contributed by atoms with Crippen LogP contribution in [-0.2, 0) is 9.84 Å². The van der Waals surface area contributed by atoms with Gasteiger partial charge in [-0.05, 0) is 60.8 Å². The number of fused-ring (bicyclic) bond motifs is 3. The van der Waals surface area contributed by atoms with Gasteiger partial charge in [0.2, 0.25) is 0 Å². The molecular formula is C26H28ClN3O4S. The lowest BCUT2D eigenvalue weighted by Crippen LogP contribution is -2.30. The maximum atomic E-state index is 12.9. The molecule has 0 bridgehead atoms. The number of pyridine rings is 1. The average Bonchev–Trinajstić information content (AvgIpc) is 3.66. The summed E-state index contributed by atoms with van der Waals surface area (Å²) in [7, 11) is -3.31. The van der Waals surface area contributed by atoms with Crippen LogP contribution in [0, 0.1) is 0 Å². The Morgan fingerprint density at radius 2 is 2.03 bits per heavy atom. The number of ether oxygens (including phenoxy) is 1. The SMILES string of the molecule is CCN(CCO)CCOc1ccc(-c2cccc(S(=O)(=O)C3CC3)c2)c2c1[nH]c1ncc(Cl)cc12. The summed E-state index contributed by atoms with van der Waals surface area (Å²) in [6, 6.07) is 12.9. The van der Waals surface area contributed by atoms with Crippen molar-refractivity contribution in [2.24, 2.45) is 0 Å². The van der Waals surface area contributed by atoms with Gasteiger partial charge in [0.1, 0.15) is 18.0 Å². The number of hydrogen-bond donors (Lipinski definition) is 2. The first-order chi connectivity index (χ1) is 16.9. The minimum absolute atomic E-state index is 0.108. The van der Waals surface area contributed by atoms with Gasteiger partial charge in [-0.15, -0.1) is 0 Å². The fourth-order valence-corrected chi connectivity index (χ4v) is 6.32. The van der Waals surface area contributed by atoms with Crippen LogP contribution in [0.15, 0.2) is 53.6 Å². The van der Waals surface area contributed by atoms with Crippen LogP contribution in [0.5, 0.6) is 5.75 Å². The topological polar surface area (TPSA) is 95.5 Å². The molecule has 2 aromatic carbocycles. The van der Waals surface area contributed by atoms with E-state index in [1.54, 1.807) is 24.4 Å². The molecule has 0 radical (unpaired) electrons. The molecule has 0 spiro atoms. The van der Waals surface area contributed by atoms with Gasteiger partial charge in [0.25, 0.3) is 0 Å². The van der Waals surface area contributed by atoms with Crippen LogP contribution in [0.4, 0.5) is 0 Å². The van der Waals surface area contributed by atoms with E-state index in [-0.39, 0.29) is 11.9 Å². The van der Waals surface area contributed by atoms with Crippen LogP contribution < -0.4 is 4.74 Å². The van der Waals surface area contributed by atoms with Gasteiger partial charge in [0.15, 0.2) is 9.84 Å². The predicted octanol–water partition coefficient (Wildman–Crippen LogP) is 4.67. The molecule has 9 heteroatoms. The first-order valence-corrected chi connectivity index (χ1v) is 13.7. The first kappa shape index (κ1) is 24.1. The first-order valence-electron chi connectivity index (χ1n) is 11.8. The number of halogens is 1. The molecule has 1 saturated carbocycles. The number of aliphatic hydroxyl groups excluding tert-OH is 1. The molecule has 0 aliphatic heterocycles. The van der Waals surface area contributed by atoms with Crippen molar-refractivity contribution in [2.45, 2.75) is 29.9 Å². The monoisotopic (exact) mass is 513 g/mol. The highest BCUT2D eigenvalue weighted by Gasteiger charge is 2.37. The van der Waals surface area contributed by atoms with Crippen molar-refractivity contribution in [1.82, 2.24) is 14.9 Å². The van der Waals surface area contributed by atoms with Crippen molar-refractivity contribution in [1.29, 1.82) is 0 Å². The van der Waals surface area contributed by atoms with Crippen LogP contribution in [0.3, 0.4) is 0 Å². The quantitative estimate of drug-likeness (QED) is 0.320. The Hall–Kier alpha value is -2.65. The number of aliphatic hydroxyl groups is 1. The second kappa shape index (κ2) is 9.78. The van der Waals surface area contributed by atoms with Crippen LogP contribution >= 0.6 is 11.6 Å². The Bertz CT molecular complexity index is 1480. The minimum Gasteiger partial charge on any atom is -0.490 e. The molecule has 7 nitrogen and oxygen atoms in total. The molecule has 0 unspecified atom stereocenters. The number of H-pyrrole nitrogens is 1. The van der Waals surface area contributed by atoms with Gasteiger partial charge in [-0.2, -0.15) is 0 Å². The number of aromatic amines is 1. The third-order valence-electron chi connectivity index (χ3n) is 6.50. The summed E-state index contributed by atoms with van der Waals surface area (Å²) in [4.78, 5) is 10.3. The molecule has 1 aliphatic rings. The Kier molecular flexibility index (Phi) is 6.72. The van der Waals surface area contributed by atoms with Crippen molar-refractivity contribution < 1.29 is 18.3 Å². The number of nitrogens with zero attached hydrogens (tertiary/aromatic N) is 2. The molecule has 0 amide bonds. The Balaban J connectivity index is 1.58. The highest BCUT2D eigenvalue weighted by molar-refractivity contribution is 7.92. The zero-order valence-electron chi connectivity index (χ0n) is 19.5. The van der Waals surface area contributed by atoms with Crippen molar-refractivity contribution in [3.63, 3.8) is 0 Å². The summed E-state index contributed by atoms with van der Waals surface area (Å²) in [5.74, 6) is 0.680. The molecule has 1 fully saturated rings. The van der Waals surface area contributed by atoms with E-state index in [2.05, 4.69) is 14.9 Å². The van der Waals surface area contributed by atoms with Crippen LogP contribution in [0.2, 0.25) is 5.02 Å². The zero-order valence-corrected chi connectivity index (χ0v) is 21.1. The van der Waals surface area contributed by atoms with Gasteiger partial charge in [-0.3, -0.25) is 4.90 Å². The second-order valence-corrected chi connectivity index (χ2v) is 11.5. The van der Waals surface area contributed by atoms with E-state index in [9.17, 15) is 13.5 Å². The largest absolute Gasteiger partial charge is 0.490 e.